The summed E-state index contributed by atoms with van der Waals surface area (Å²) in [6.45, 7) is 0. The van der Waals surface area contributed by atoms with Crippen LogP contribution in [0.2, 0.25) is 5.02 Å². The first kappa shape index (κ1) is 12.8. The molecule has 0 atom stereocenters. The number of aromatic nitrogens is 1. The van der Waals surface area contributed by atoms with Gasteiger partial charge in [0.25, 0.3) is 5.91 Å². The lowest BCUT2D eigenvalue weighted by Crippen LogP contribution is -2.12. The van der Waals surface area contributed by atoms with Crippen molar-refractivity contribution in [3.63, 3.8) is 0 Å². The molecule has 7 heteroatoms. The Labute approximate surface area is 121 Å². The average Bonchev–Trinajstić information content (AvgIpc) is 2.80. The first-order valence-corrected chi connectivity index (χ1v) is 6.77. The molecule has 3 aromatic rings. The predicted octanol–water partition coefficient (Wildman–Crippen LogP) is 3.16. The molecule has 0 spiro atoms. The third kappa shape index (κ3) is 2.56. The van der Waals surface area contributed by atoms with Crippen molar-refractivity contribution in [3.05, 3.63) is 57.6 Å². The molecule has 1 aromatic carbocycles. The number of fused-ring (bicyclic) bond motifs is 1. The van der Waals surface area contributed by atoms with Gasteiger partial charge in [0.2, 0.25) is 0 Å². The Morgan fingerprint density at radius 1 is 1.30 bits per heavy atom. The van der Waals surface area contributed by atoms with Crippen molar-refractivity contribution in [3.8, 4) is 0 Å². The molecule has 3 rings (SSSR count). The van der Waals surface area contributed by atoms with Crippen molar-refractivity contribution < 1.29 is 9.21 Å². The Kier molecular flexibility index (Phi) is 3.25. The minimum Gasteiger partial charge on any atom is -0.430 e. The molecule has 0 fully saturated rings. The monoisotopic (exact) mass is 306 g/mol. The van der Waals surface area contributed by atoms with Crippen LogP contribution in [-0.4, -0.2) is 10.9 Å². The number of amides is 1. The Balaban J connectivity index is 1.87. The maximum absolute atomic E-state index is 11.9. The van der Waals surface area contributed by atoms with E-state index >= 15 is 0 Å². The lowest BCUT2D eigenvalue weighted by Gasteiger charge is -1.99. The fraction of sp³-hybridized carbons (Fsp3) is 0. The van der Waals surface area contributed by atoms with Crippen LogP contribution in [0.4, 0.5) is 5.13 Å². The quantitative estimate of drug-likeness (QED) is 0.789. The van der Waals surface area contributed by atoms with Crippen molar-refractivity contribution in [2.45, 2.75) is 0 Å². The second-order valence-electron chi connectivity index (χ2n) is 3.93. The zero-order chi connectivity index (χ0) is 14.1. The number of halogens is 1. The van der Waals surface area contributed by atoms with Crippen LogP contribution in [-0.2, 0) is 0 Å². The fourth-order valence-corrected chi connectivity index (χ4v) is 2.75. The number of benzene rings is 1. The normalized spacial score (nSPS) is 10.7. The van der Waals surface area contributed by atoms with E-state index in [9.17, 15) is 9.59 Å². The van der Waals surface area contributed by atoms with E-state index in [0.717, 1.165) is 16.5 Å². The van der Waals surface area contributed by atoms with E-state index < -0.39 is 5.63 Å². The topological polar surface area (TPSA) is 72.2 Å². The Hall–Kier alpha value is -2.18. The van der Waals surface area contributed by atoms with Crippen LogP contribution >= 0.6 is 22.9 Å². The highest BCUT2D eigenvalue weighted by Crippen LogP contribution is 2.28. The number of nitrogens with zero attached hydrogens (tertiary/aromatic N) is 1. The van der Waals surface area contributed by atoms with Gasteiger partial charge in [-0.2, -0.15) is 0 Å². The summed E-state index contributed by atoms with van der Waals surface area (Å²) in [5.74, 6) is -0.390. The molecule has 2 aromatic heterocycles. The number of nitrogens with one attached hydrogen (secondary N) is 1. The first-order valence-electron chi connectivity index (χ1n) is 5.58. The SMILES string of the molecule is O=C(Nc1nc2ccc(Cl)cc2s1)c1ccc(=O)oc1. The van der Waals surface area contributed by atoms with Crippen molar-refractivity contribution in [1.82, 2.24) is 4.98 Å². The van der Waals surface area contributed by atoms with Gasteiger partial charge < -0.3 is 4.42 Å². The maximum atomic E-state index is 11.9. The molecule has 0 aliphatic rings. The van der Waals surface area contributed by atoms with E-state index in [2.05, 4.69) is 14.7 Å². The van der Waals surface area contributed by atoms with Gasteiger partial charge in [-0.3, -0.25) is 10.1 Å². The second-order valence-corrected chi connectivity index (χ2v) is 5.40. The molecular formula is C13H7ClN2O3S. The van der Waals surface area contributed by atoms with Crippen LogP contribution in [0.5, 0.6) is 0 Å². The molecule has 2 heterocycles. The molecule has 20 heavy (non-hydrogen) atoms. The van der Waals surface area contributed by atoms with E-state index in [1.165, 1.54) is 23.5 Å². The van der Waals surface area contributed by atoms with Gasteiger partial charge in [0.15, 0.2) is 5.13 Å². The van der Waals surface area contributed by atoms with Gasteiger partial charge in [0.05, 0.1) is 15.8 Å². The van der Waals surface area contributed by atoms with Crippen LogP contribution in [0.1, 0.15) is 10.4 Å². The van der Waals surface area contributed by atoms with Gasteiger partial charge in [-0.15, -0.1) is 0 Å². The zero-order valence-electron chi connectivity index (χ0n) is 9.92. The summed E-state index contributed by atoms with van der Waals surface area (Å²) >= 11 is 7.21. The smallest absolute Gasteiger partial charge is 0.335 e. The Morgan fingerprint density at radius 2 is 2.15 bits per heavy atom. The molecule has 0 saturated carbocycles. The molecule has 0 bridgehead atoms. The van der Waals surface area contributed by atoms with Crippen LogP contribution in [0.15, 0.2) is 45.8 Å². The van der Waals surface area contributed by atoms with Crippen molar-refractivity contribution in [2.24, 2.45) is 0 Å². The van der Waals surface area contributed by atoms with E-state index in [-0.39, 0.29) is 11.5 Å². The third-order valence-electron chi connectivity index (χ3n) is 2.53. The number of carbonyl (C=O) groups is 1. The van der Waals surface area contributed by atoms with E-state index in [0.29, 0.717) is 10.2 Å². The number of rotatable bonds is 2. The van der Waals surface area contributed by atoms with Gasteiger partial charge in [-0.05, 0) is 24.3 Å². The lowest BCUT2D eigenvalue weighted by atomic mass is 10.3. The summed E-state index contributed by atoms with van der Waals surface area (Å²) in [4.78, 5) is 27.0. The molecule has 0 saturated heterocycles. The van der Waals surface area contributed by atoms with E-state index in [1.807, 2.05) is 0 Å². The molecule has 100 valence electrons. The van der Waals surface area contributed by atoms with Crippen LogP contribution in [0.25, 0.3) is 10.2 Å². The van der Waals surface area contributed by atoms with E-state index in [1.54, 1.807) is 18.2 Å². The molecule has 1 amide bonds. The van der Waals surface area contributed by atoms with Gasteiger partial charge in [-0.1, -0.05) is 22.9 Å². The summed E-state index contributed by atoms with van der Waals surface area (Å²) in [5, 5.41) is 3.72. The van der Waals surface area contributed by atoms with Gasteiger partial charge in [-0.25, -0.2) is 9.78 Å². The third-order valence-corrected chi connectivity index (χ3v) is 3.70. The summed E-state index contributed by atoms with van der Waals surface area (Å²) in [5.41, 5.74) is 0.507. The summed E-state index contributed by atoms with van der Waals surface area (Å²) in [6, 6.07) is 7.89. The van der Waals surface area contributed by atoms with Crippen molar-refractivity contribution in [2.75, 3.05) is 5.32 Å². The van der Waals surface area contributed by atoms with Gasteiger partial charge >= 0.3 is 5.63 Å². The van der Waals surface area contributed by atoms with Crippen molar-refractivity contribution >= 4 is 44.2 Å². The lowest BCUT2D eigenvalue weighted by molar-refractivity contribution is 0.102. The average molecular weight is 307 g/mol. The number of carbonyl (C=O) groups excluding carboxylic acids is 1. The standard InChI is InChI=1S/C13H7ClN2O3S/c14-8-2-3-9-10(5-8)20-13(15-9)16-12(18)7-1-4-11(17)19-6-7/h1-6H,(H,15,16,18). The molecule has 0 radical (unpaired) electrons. The highest BCUT2D eigenvalue weighted by Gasteiger charge is 2.10. The number of hydrogen-bond donors (Lipinski definition) is 1. The van der Waals surface area contributed by atoms with Crippen LogP contribution in [0, 0.1) is 0 Å². The summed E-state index contributed by atoms with van der Waals surface area (Å²) in [6.07, 6.45) is 1.11. The van der Waals surface area contributed by atoms with Crippen molar-refractivity contribution in [1.29, 1.82) is 0 Å². The predicted molar refractivity (Wildman–Crippen MR) is 77.6 cm³/mol. The second kappa shape index (κ2) is 5.07. The molecule has 1 N–H and O–H groups in total. The number of thiazole rings is 1. The highest BCUT2D eigenvalue weighted by molar-refractivity contribution is 7.22. The molecule has 0 aliphatic heterocycles. The largest absolute Gasteiger partial charge is 0.430 e. The number of anilines is 1. The highest BCUT2D eigenvalue weighted by atomic mass is 35.5. The van der Waals surface area contributed by atoms with Gasteiger partial charge in [0, 0.05) is 11.1 Å². The van der Waals surface area contributed by atoms with Crippen LogP contribution in [0.3, 0.4) is 0 Å². The van der Waals surface area contributed by atoms with Gasteiger partial charge in [0.1, 0.15) is 6.26 Å². The summed E-state index contributed by atoms with van der Waals surface area (Å²) < 4.78 is 5.52. The Bertz CT molecular complexity index is 836. The summed E-state index contributed by atoms with van der Waals surface area (Å²) in [7, 11) is 0. The van der Waals surface area contributed by atoms with Crippen LogP contribution < -0.4 is 10.9 Å². The Morgan fingerprint density at radius 3 is 2.90 bits per heavy atom. The molecule has 5 nitrogen and oxygen atoms in total. The zero-order valence-corrected chi connectivity index (χ0v) is 11.5. The molecular weight excluding hydrogens is 300 g/mol. The minimum atomic E-state index is -0.504. The fourth-order valence-electron chi connectivity index (χ4n) is 1.61. The molecule has 0 unspecified atom stereocenters. The van der Waals surface area contributed by atoms with E-state index in [4.69, 9.17) is 11.6 Å². The minimum absolute atomic E-state index is 0.252. The first-order chi connectivity index (χ1) is 9.61. The number of hydrogen-bond acceptors (Lipinski definition) is 5. The maximum Gasteiger partial charge on any atom is 0.335 e. The molecule has 0 aliphatic carbocycles.